The third-order valence-corrected chi connectivity index (χ3v) is 9.44. The van der Waals surface area contributed by atoms with Crippen molar-refractivity contribution in [3.8, 4) is 11.5 Å². The van der Waals surface area contributed by atoms with Gasteiger partial charge in [0.25, 0.3) is 0 Å². The van der Waals surface area contributed by atoms with Gasteiger partial charge in [-0.3, -0.25) is 0 Å². The zero-order valence-electron chi connectivity index (χ0n) is 27.0. The number of azo groups is 2. The van der Waals surface area contributed by atoms with Gasteiger partial charge in [0.05, 0.1) is 33.2 Å². The summed E-state index contributed by atoms with van der Waals surface area (Å²) < 4.78 is 113. The zero-order valence-corrected chi connectivity index (χ0v) is 35.4. The molecule has 0 aliphatic heterocycles. The minimum absolute atomic E-state index is 0. The van der Waals surface area contributed by atoms with Crippen LogP contribution in [-0.4, -0.2) is 51.1 Å². The summed E-state index contributed by atoms with van der Waals surface area (Å²) in [6, 6.07) is 13.2. The van der Waals surface area contributed by atoms with Crippen LogP contribution in [0.5, 0.6) is 11.5 Å². The second kappa shape index (κ2) is 16.7. The molecule has 0 fully saturated rings. The van der Waals surface area contributed by atoms with Crippen molar-refractivity contribution in [1.82, 2.24) is 0 Å². The number of nitrogens with two attached hydrogens (primary N) is 1. The molecule has 0 aliphatic carbocycles. The fourth-order valence-corrected chi connectivity index (χ4v) is 6.72. The van der Waals surface area contributed by atoms with Gasteiger partial charge in [-0.05, 0) is 66.4 Å². The van der Waals surface area contributed by atoms with E-state index in [4.69, 9.17) is 10.5 Å². The molecule has 16 nitrogen and oxygen atoms in total. The van der Waals surface area contributed by atoms with Crippen molar-refractivity contribution in [3.05, 3.63) is 72.3 Å². The van der Waals surface area contributed by atoms with E-state index in [9.17, 15) is 44.0 Å². The number of hydrogen-bond donors (Lipinski definition) is 2. The number of aryl methyl sites for hydroxylation is 1. The monoisotopic (exact) mass is 767 g/mol. The van der Waals surface area contributed by atoms with Gasteiger partial charge in [0.1, 0.15) is 47.5 Å². The van der Waals surface area contributed by atoms with E-state index in [2.05, 4.69) is 20.5 Å². The number of rotatable bonds is 8. The molecule has 5 aromatic carbocycles. The second-order valence-electron chi connectivity index (χ2n) is 9.92. The third-order valence-electron chi connectivity index (χ3n) is 6.81. The van der Waals surface area contributed by atoms with Crippen LogP contribution in [0, 0.1) is 6.92 Å². The van der Waals surface area contributed by atoms with E-state index in [0.717, 1.165) is 30.3 Å². The number of fused-ring (bicyclic) bond motifs is 2. The standard InChI is InChI=1S/C28H23N5O11S3.3Na/c1-14-8-22(32-33-27-26(47(41,42)43)10-15-9-16(29)6-7-18(15)28(27)34)23(44-2)13-21(14)31-30-17-11-20-19(25(12-17)46(38,39)40)4-3-5-24(20)45(35,36)37;;;/h3-13,34H,29H2,1-2H3,(H,35,36,37)(H,38,39,40)(H,41,42,43);;;/q;3*+1/p-3. The molecule has 0 spiro atoms. The van der Waals surface area contributed by atoms with Crippen LogP contribution in [-0.2, 0) is 30.4 Å². The molecule has 0 aliphatic rings. The number of ether oxygens (including phenoxy) is 1. The van der Waals surface area contributed by atoms with Gasteiger partial charge in [-0.1, -0.05) is 12.1 Å². The van der Waals surface area contributed by atoms with E-state index in [-0.39, 0.29) is 139 Å². The summed E-state index contributed by atoms with van der Waals surface area (Å²) in [4.78, 5) is -2.43. The van der Waals surface area contributed by atoms with E-state index in [0.29, 0.717) is 5.56 Å². The van der Waals surface area contributed by atoms with Crippen LogP contribution in [0.4, 0.5) is 28.4 Å². The maximum absolute atomic E-state index is 12.0. The van der Waals surface area contributed by atoms with Gasteiger partial charge < -0.3 is 29.2 Å². The molecule has 5 rings (SSSR count). The Balaban J connectivity index is 0.00000289. The Labute approximate surface area is 352 Å². The molecule has 0 aromatic heterocycles. The quantitative estimate of drug-likeness (QED) is 0.0665. The van der Waals surface area contributed by atoms with Crippen molar-refractivity contribution in [2.75, 3.05) is 12.8 Å². The molecule has 0 unspecified atom stereocenters. The van der Waals surface area contributed by atoms with Crippen LogP contribution in [0.1, 0.15) is 5.56 Å². The molecular weight excluding hydrogens is 748 g/mol. The van der Waals surface area contributed by atoms with E-state index < -0.39 is 56.5 Å². The molecule has 0 bridgehead atoms. The predicted molar refractivity (Wildman–Crippen MR) is 164 cm³/mol. The molecular formula is C28H20N5Na3O11S3. The number of hydrogen-bond acceptors (Lipinski definition) is 16. The van der Waals surface area contributed by atoms with E-state index in [1.807, 2.05) is 0 Å². The van der Waals surface area contributed by atoms with E-state index >= 15 is 0 Å². The smallest absolute Gasteiger partial charge is 0.744 e. The maximum atomic E-state index is 12.0. The zero-order chi connectivity index (χ0) is 34.5. The Kier molecular flexibility index (Phi) is 14.8. The molecule has 50 heavy (non-hydrogen) atoms. The molecule has 22 heteroatoms. The van der Waals surface area contributed by atoms with E-state index in [1.165, 1.54) is 43.5 Å². The van der Waals surface area contributed by atoms with Crippen LogP contribution in [0.25, 0.3) is 21.5 Å². The third kappa shape index (κ3) is 9.48. The largest absolute Gasteiger partial charge is 1.00 e. The molecule has 0 saturated heterocycles. The summed E-state index contributed by atoms with van der Waals surface area (Å²) >= 11 is 0. The van der Waals surface area contributed by atoms with Gasteiger partial charge in [-0.2, -0.15) is 10.2 Å². The Bertz CT molecular complexity index is 2530. The molecule has 0 radical (unpaired) electrons. The molecule has 3 N–H and O–H groups in total. The number of nitrogen functional groups attached to an aromatic ring is 1. The molecule has 5 aromatic rings. The fourth-order valence-electron chi connectivity index (χ4n) is 4.68. The van der Waals surface area contributed by atoms with Crippen LogP contribution in [0.2, 0.25) is 0 Å². The summed E-state index contributed by atoms with van der Waals surface area (Å²) in [7, 11) is -14.1. The number of benzene rings is 5. The Morgan fingerprint density at radius 2 is 1.28 bits per heavy atom. The SMILES string of the molecule is COc1cc(N=Nc2cc(S(=O)(=O)[O-])c3cccc(S(=O)(=O)[O-])c3c2)c(C)cc1N=Nc1c(S(=O)(=O)[O-])cc2cc(N)ccc2c1O.[Na+].[Na+].[Na+]. The van der Waals surface area contributed by atoms with Gasteiger partial charge in [0.15, 0.2) is 5.75 Å². The van der Waals surface area contributed by atoms with Crippen LogP contribution in [0.3, 0.4) is 0 Å². The first kappa shape index (κ1) is 44.1. The van der Waals surface area contributed by atoms with Crippen molar-refractivity contribution in [1.29, 1.82) is 0 Å². The number of nitrogens with zero attached hydrogens (tertiary/aromatic N) is 4. The Morgan fingerprint density at radius 3 is 1.88 bits per heavy atom. The van der Waals surface area contributed by atoms with Crippen LogP contribution < -0.4 is 99.1 Å². The molecule has 0 amide bonds. The van der Waals surface area contributed by atoms with Crippen molar-refractivity contribution in [3.63, 3.8) is 0 Å². The van der Waals surface area contributed by atoms with Crippen molar-refractivity contribution >= 4 is 80.3 Å². The van der Waals surface area contributed by atoms with Gasteiger partial charge in [0.2, 0.25) is 0 Å². The summed E-state index contributed by atoms with van der Waals surface area (Å²) in [5.41, 5.74) is 5.58. The first-order valence-corrected chi connectivity index (χ1v) is 17.1. The summed E-state index contributed by atoms with van der Waals surface area (Å²) in [5, 5.41) is 26.3. The molecule has 0 atom stereocenters. The average molecular weight is 768 g/mol. The first-order chi connectivity index (χ1) is 21.9. The van der Waals surface area contributed by atoms with E-state index in [1.54, 1.807) is 6.92 Å². The minimum atomic E-state index is -5.15. The molecule has 244 valence electrons. The Hall–Kier alpha value is -2.05. The topological polar surface area (TPSA) is 277 Å². The Morgan fingerprint density at radius 1 is 0.660 bits per heavy atom. The van der Waals surface area contributed by atoms with Crippen molar-refractivity contribution in [2.45, 2.75) is 21.6 Å². The molecule has 0 heterocycles. The summed E-state index contributed by atoms with van der Waals surface area (Å²) in [5.74, 6) is -0.626. The van der Waals surface area contributed by atoms with Gasteiger partial charge in [-0.15, -0.1) is 10.2 Å². The number of methoxy groups -OCH3 is 1. The second-order valence-corrected chi connectivity index (χ2v) is 14.0. The average Bonchev–Trinajstić information content (AvgIpc) is 2.97. The number of phenolic OH excluding ortho intramolecular Hbond substituents is 1. The van der Waals surface area contributed by atoms with Gasteiger partial charge >= 0.3 is 88.7 Å². The first-order valence-electron chi connectivity index (χ1n) is 12.9. The van der Waals surface area contributed by atoms with Crippen LogP contribution >= 0.6 is 0 Å². The fraction of sp³-hybridized carbons (Fsp3) is 0.0714. The summed E-state index contributed by atoms with van der Waals surface area (Å²) in [6.07, 6.45) is 0. The maximum Gasteiger partial charge on any atom is 1.00 e. The number of aromatic hydroxyl groups is 1. The normalized spacial score (nSPS) is 12.1. The van der Waals surface area contributed by atoms with Gasteiger partial charge in [-0.25, -0.2) is 25.3 Å². The predicted octanol–water partition coefficient (Wildman–Crippen LogP) is -3.85. The van der Waals surface area contributed by atoms with Crippen molar-refractivity contribution < 1.29 is 137 Å². The molecule has 0 saturated carbocycles. The van der Waals surface area contributed by atoms with Crippen molar-refractivity contribution in [2.24, 2.45) is 20.5 Å². The number of anilines is 1. The van der Waals surface area contributed by atoms with Gasteiger partial charge in [0, 0.05) is 27.9 Å². The van der Waals surface area contributed by atoms with Crippen LogP contribution in [0.15, 0.2) is 102 Å². The summed E-state index contributed by atoms with van der Waals surface area (Å²) in [6.45, 7) is 1.55. The number of phenols is 1. The minimum Gasteiger partial charge on any atom is -0.744 e.